The monoisotopic (exact) mass is 406 g/mol. The number of halogens is 2. The van der Waals surface area contributed by atoms with E-state index < -0.39 is 5.54 Å². The van der Waals surface area contributed by atoms with Crippen LogP contribution in [0.15, 0.2) is 91.0 Å². The fourth-order valence-corrected chi connectivity index (χ4v) is 3.69. The molecule has 0 radical (unpaired) electrons. The summed E-state index contributed by atoms with van der Waals surface area (Å²) >= 11 is 12.1. The summed E-state index contributed by atoms with van der Waals surface area (Å²) in [5, 5.41) is 3.56. The fraction of sp³-hybridized carbons (Fsp3) is 0.0455. The first-order valence-corrected chi connectivity index (χ1v) is 9.46. The molecule has 4 nitrogen and oxygen atoms in total. The van der Waals surface area contributed by atoms with E-state index in [4.69, 9.17) is 23.2 Å². The SMILES string of the molecule is Clc1nc(Cl)nc(NC(c2ccccc2)(c2ccccc2)c2ccccc2)n1. The molecule has 138 valence electrons. The Kier molecular flexibility index (Phi) is 5.24. The summed E-state index contributed by atoms with van der Waals surface area (Å²) in [6.45, 7) is 0. The molecular weight excluding hydrogens is 391 g/mol. The van der Waals surface area contributed by atoms with Crippen LogP contribution >= 0.6 is 23.2 Å². The largest absolute Gasteiger partial charge is 0.336 e. The molecule has 1 N–H and O–H groups in total. The van der Waals surface area contributed by atoms with E-state index in [2.05, 4.69) is 56.7 Å². The predicted octanol–water partition coefficient (Wildman–Crippen LogP) is 5.58. The minimum atomic E-state index is -0.752. The fourth-order valence-electron chi connectivity index (χ4n) is 3.33. The average Bonchev–Trinajstić information content (AvgIpc) is 2.73. The third-order valence-corrected chi connectivity index (χ3v) is 4.84. The summed E-state index contributed by atoms with van der Waals surface area (Å²) in [6, 6.07) is 30.4. The van der Waals surface area contributed by atoms with E-state index in [0.717, 1.165) is 16.7 Å². The number of hydrogen-bond donors (Lipinski definition) is 1. The topological polar surface area (TPSA) is 50.7 Å². The molecule has 6 heteroatoms. The molecule has 0 aliphatic rings. The van der Waals surface area contributed by atoms with Crippen LogP contribution in [0.2, 0.25) is 10.6 Å². The van der Waals surface area contributed by atoms with Gasteiger partial charge in [0, 0.05) is 0 Å². The Labute approximate surface area is 173 Å². The molecule has 3 aromatic carbocycles. The van der Waals surface area contributed by atoms with Gasteiger partial charge in [-0.15, -0.1) is 0 Å². The highest BCUT2D eigenvalue weighted by atomic mass is 35.5. The van der Waals surface area contributed by atoms with E-state index in [9.17, 15) is 0 Å². The highest BCUT2D eigenvalue weighted by molar-refractivity contribution is 6.31. The lowest BCUT2D eigenvalue weighted by atomic mass is 9.77. The van der Waals surface area contributed by atoms with Crippen LogP contribution in [-0.4, -0.2) is 15.0 Å². The highest BCUT2D eigenvalue weighted by Gasteiger charge is 2.37. The summed E-state index contributed by atoms with van der Waals surface area (Å²) in [7, 11) is 0. The smallest absolute Gasteiger partial charge is 0.229 e. The molecule has 0 fully saturated rings. The minimum Gasteiger partial charge on any atom is -0.336 e. The Morgan fingerprint density at radius 1 is 0.536 bits per heavy atom. The average molecular weight is 407 g/mol. The van der Waals surface area contributed by atoms with Gasteiger partial charge in [0.1, 0.15) is 5.54 Å². The quantitative estimate of drug-likeness (QED) is 0.439. The lowest BCUT2D eigenvalue weighted by Gasteiger charge is -2.36. The van der Waals surface area contributed by atoms with Crippen LogP contribution in [0.1, 0.15) is 16.7 Å². The molecular formula is C22H16Cl2N4. The van der Waals surface area contributed by atoms with Gasteiger partial charge in [-0.25, -0.2) is 0 Å². The molecule has 1 heterocycles. The van der Waals surface area contributed by atoms with E-state index >= 15 is 0 Å². The number of benzene rings is 3. The van der Waals surface area contributed by atoms with Gasteiger partial charge in [-0.05, 0) is 39.9 Å². The van der Waals surface area contributed by atoms with Crippen molar-refractivity contribution in [3.63, 3.8) is 0 Å². The zero-order valence-corrected chi connectivity index (χ0v) is 16.3. The second-order valence-electron chi connectivity index (χ2n) is 6.17. The van der Waals surface area contributed by atoms with Gasteiger partial charge in [0.15, 0.2) is 0 Å². The molecule has 0 aliphatic carbocycles. The number of nitrogens with one attached hydrogen (secondary N) is 1. The van der Waals surface area contributed by atoms with Gasteiger partial charge in [0.25, 0.3) is 0 Å². The summed E-state index contributed by atoms with van der Waals surface area (Å²) in [5.74, 6) is 0.293. The first-order valence-electron chi connectivity index (χ1n) is 8.70. The number of rotatable bonds is 5. The van der Waals surface area contributed by atoms with Gasteiger partial charge in [-0.3, -0.25) is 0 Å². The van der Waals surface area contributed by atoms with E-state index in [-0.39, 0.29) is 10.6 Å². The number of anilines is 1. The summed E-state index contributed by atoms with van der Waals surface area (Å²) in [6.07, 6.45) is 0. The standard InChI is InChI=1S/C22H16Cl2N4/c23-19-25-20(24)27-21(26-19)28-22(16-10-4-1-5-11-16,17-12-6-2-7-13-17)18-14-8-3-9-15-18/h1-15H,(H,25,26,27,28). The Morgan fingerprint density at radius 3 is 1.25 bits per heavy atom. The Hall–Kier alpha value is -2.95. The predicted molar refractivity (Wildman–Crippen MR) is 113 cm³/mol. The van der Waals surface area contributed by atoms with Crippen molar-refractivity contribution in [1.82, 2.24) is 15.0 Å². The molecule has 0 spiro atoms. The number of aromatic nitrogens is 3. The van der Waals surface area contributed by atoms with Gasteiger partial charge >= 0.3 is 0 Å². The van der Waals surface area contributed by atoms with Crippen molar-refractivity contribution < 1.29 is 0 Å². The van der Waals surface area contributed by atoms with Crippen molar-refractivity contribution in [2.75, 3.05) is 5.32 Å². The minimum absolute atomic E-state index is 0.0329. The van der Waals surface area contributed by atoms with Gasteiger partial charge in [0.05, 0.1) is 0 Å². The number of hydrogen-bond acceptors (Lipinski definition) is 4. The molecule has 0 amide bonds. The molecule has 4 rings (SSSR count). The Morgan fingerprint density at radius 2 is 0.893 bits per heavy atom. The maximum atomic E-state index is 6.03. The van der Waals surface area contributed by atoms with Gasteiger partial charge in [-0.1, -0.05) is 91.0 Å². The lowest BCUT2D eigenvalue weighted by Crippen LogP contribution is -2.38. The van der Waals surface area contributed by atoms with Crippen molar-refractivity contribution in [1.29, 1.82) is 0 Å². The second kappa shape index (κ2) is 7.97. The molecule has 28 heavy (non-hydrogen) atoms. The maximum absolute atomic E-state index is 6.03. The Bertz CT molecular complexity index is 941. The van der Waals surface area contributed by atoms with E-state index in [1.807, 2.05) is 54.6 Å². The van der Waals surface area contributed by atoms with Crippen LogP contribution in [0, 0.1) is 0 Å². The van der Waals surface area contributed by atoms with Crippen LogP contribution in [0.4, 0.5) is 5.95 Å². The van der Waals surface area contributed by atoms with Gasteiger partial charge in [-0.2, -0.15) is 15.0 Å². The van der Waals surface area contributed by atoms with E-state index in [0.29, 0.717) is 5.95 Å². The van der Waals surface area contributed by atoms with Gasteiger partial charge < -0.3 is 5.32 Å². The molecule has 4 aromatic rings. The third kappa shape index (κ3) is 3.57. The summed E-state index contributed by atoms with van der Waals surface area (Å²) in [5.41, 5.74) is 2.33. The summed E-state index contributed by atoms with van der Waals surface area (Å²) in [4.78, 5) is 12.3. The van der Waals surface area contributed by atoms with E-state index in [1.165, 1.54) is 0 Å². The van der Waals surface area contributed by atoms with Crippen molar-refractivity contribution in [2.24, 2.45) is 0 Å². The lowest BCUT2D eigenvalue weighted by molar-refractivity contribution is 0.698. The van der Waals surface area contributed by atoms with Crippen LogP contribution in [0.3, 0.4) is 0 Å². The second-order valence-corrected chi connectivity index (χ2v) is 6.85. The molecule has 0 bridgehead atoms. The zero-order valence-electron chi connectivity index (χ0n) is 14.8. The third-order valence-electron chi connectivity index (χ3n) is 4.50. The molecule has 0 saturated heterocycles. The highest BCUT2D eigenvalue weighted by Crippen LogP contribution is 2.39. The molecule has 1 aromatic heterocycles. The maximum Gasteiger partial charge on any atom is 0.229 e. The first kappa shape index (κ1) is 18.4. The van der Waals surface area contributed by atoms with Crippen LogP contribution in [0.5, 0.6) is 0 Å². The van der Waals surface area contributed by atoms with Crippen LogP contribution in [0.25, 0.3) is 0 Å². The molecule has 0 aliphatic heterocycles. The molecule has 0 atom stereocenters. The first-order chi connectivity index (χ1) is 13.7. The molecule has 0 saturated carbocycles. The van der Waals surface area contributed by atoms with E-state index in [1.54, 1.807) is 0 Å². The van der Waals surface area contributed by atoms with Crippen LogP contribution < -0.4 is 5.32 Å². The van der Waals surface area contributed by atoms with Gasteiger partial charge in [0.2, 0.25) is 16.5 Å². The zero-order chi connectivity index (χ0) is 19.4. The Balaban J connectivity index is 2.01. The normalized spacial score (nSPS) is 11.2. The van der Waals surface area contributed by atoms with Crippen molar-refractivity contribution >= 4 is 29.2 Å². The number of nitrogens with zero attached hydrogens (tertiary/aromatic N) is 3. The van der Waals surface area contributed by atoms with Crippen LogP contribution in [-0.2, 0) is 5.54 Å². The van der Waals surface area contributed by atoms with Crippen molar-refractivity contribution in [3.8, 4) is 0 Å². The summed E-state index contributed by atoms with van der Waals surface area (Å²) < 4.78 is 0. The van der Waals surface area contributed by atoms with Crippen molar-refractivity contribution in [3.05, 3.63) is 118 Å². The molecule has 0 unspecified atom stereocenters. The van der Waals surface area contributed by atoms with Crippen molar-refractivity contribution in [2.45, 2.75) is 5.54 Å².